The van der Waals surface area contributed by atoms with Gasteiger partial charge in [-0.15, -0.1) is 0 Å². The second-order valence-corrected chi connectivity index (χ2v) is 6.95. The van der Waals surface area contributed by atoms with Crippen molar-refractivity contribution in [1.29, 1.82) is 0 Å². The molecule has 0 saturated carbocycles. The Kier molecular flexibility index (Phi) is 3.55. The van der Waals surface area contributed by atoms with Gasteiger partial charge in [-0.1, -0.05) is 48.0 Å². The zero-order valence-corrected chi connectivity index (χ0v) is 12.7. The van der Waals surface area contributed by atoms with Gasteiger partial charge in [0.1, 0.15) is 0 Å². The molecule has 0 atom stereocenters. The van der Waals surface area contributed by atoms with Gasteiger partial charge in [-0.3, -0.25) is 4.72 Å². The number of allylic oxidation sites excluding steroid dienone is 1. The van der Waals surface area contributed by atoms with Crippen molar-refractivity contribution in [1.82, 2.24) is 4.72 Å². The van der Waals surface area contributed by atoms with Crippen LogP contribution in [0.5, 0.6) is 0 Å². The lowest BCUT2D eigenvalue weighted by Crippen LogP contribution is -2.27. The summed E-state index contributed by atoms with van der Waals surface area (Å²) in [6.45, 7) is 1.96. The lowest BCUT2D eigenvalue weighted by atomic mass is 10.1. The highest BCUT2D eigenvalue weighted by atomic mass is 32.2. The van der Waals surface area contributed by atoms with E-state index in [1.807, 2.05) is 43.3 Å². The molecule has 3 nitrogen and oxygen atoms in total. The van der Waals surface area contributed by atoms with E-state index >= 15 is 0 Å². The van der Waals surface area contributed by atoms with E-state index in [1.54, 1.807) is 6.07 Å². The van der Waals surface area contributed by atoms with Crippen molar-refractivity contribution < 1.29 is 8.42 Å². The van der Waals surface area contributed by atoms with Gasteiger partial charge in [0.05, 0.1) is 4.90 Å². The van der Waals surface area contributed by atoms with Crippen LogP contribution in [-0.2, 0) is 16.4 Å². The molecular formula is C17H17NO2S. The first-order chi connectivity index (χ1) is 10.0. The molecule has 1 aliphatic rings. The molecule has 1 aliphatic heterocycles. The first-order valence-corrected chi connectivity index (χ1v) is 8.41. The molecule has 0 unspecified atom stereocenters. The molecule has 108 valence electrons. The van der Waals surface area contributed by atoms with Crippen molar-refractivity contribution in [3.05, 3.63) is 70.9 Å². The number of benzene rings is 2. The Morgan fingerprint density at radius 2 is 1.76 bits per heavy atom. The van der Waals surface area contributed by atoms with Crippen LogP contribution in [0, 0.1) is 6.92 Å². The van der Waals surface area contributed by atoms with Gasteiger partial charge in [-0.25, -0.2) is 8.42 Å². The molecule has 3 rings (SSSR count). The van der Waals surface area contributed by atoms with Gasteiger partial charge in [0, 0.05) is 5.70 Å². The van der Waals surface area contributed by atoms with Gasteiger partial charge in [-0.2, -0.15) is 0 Å². The van der Waals surface area contributed by atoms with Crippen LogP contribution in [0.25, 0.3) is 6.08 Å². The van der Waals surface area contributed by atoms with Gasteiger partial charge in [0.15, 0.2) is 0 Å². The molecule has 0 radical (unpaired) electrons. The molecule has 0 spiro atoms. The number of hydrogen-bond acceptors (Lipinski definition) is 2. The number of sulfonamides is 1. The minimum absolute atomic E-state index is 0.358. The summed E-state index contributed by atoms with van der Waals surface area (Å²) < 4.78 is 27.2. The van der Waals surface area contributed by atoms with E-state index in [0.29, 0.717) is 11.3 Å². The molecule has 0 aromatic heterocycles. The average molecular weight is 299 g/mol. The van der Waals surface area contributed by atoms with Crippen molar-refractivity contribution in [2.75, 3.05) is 0 Å². The lowest BCUT2D eigenvalue weighted by Gasteiger charge is -2.19. The van der Waals surface area contributed by atoms with Gasteiger partial charge >= 0.3 is 0 Å². The highest BCUT2D eigenvalue weighted by Gasteiger charge is 2.23. The van der Waals surface area contributed by atoms with Crippen molar-refractivity contribution >= 4 is 16.1 Å². The smallest absolute Gasteiger partial charge is 0.262 e. The summed E-state index contributed by atoms with van der Waals surface area (Å²) in [6.07, 6.45) is 3.43. The Morgan fingerprint density at radius 3 is 2.52 bits per heavy atom. The Labute approximate surface area is 125 Å². The third-order valence-electron chi connectivity index (χ3n) is 3.58. The highest BCUT2D eigenvalue weighted by Crippen LogP contribution is 2.26. The second kappa shape index (κ2) is 5.37. The molecule has 0 aliphatic carbocycles. The van der Waals surface area contributed by atoms with Crippen molar-refractivity contribution in [2.24, 2.45) is 0 Å². The molecule has 1 N–H and O–H groups in total. The zero-order valence-electron chi connectivity index (χ0n) is 11.8. The molecule has 4 heteroatoms. The van der Waals surface area contributed by atoms with Crippen molar-refractivity contribution in [3.63, 3.8) is 0 Å². The summed E-state index contributed by atoms with van der Waals surface area (Å²) in [5, 5.41) is 0. The molecular weight excluding hydrogens is 282 g/mol. The van der Waals surface area contributed by atoms with Crippen LogP contribution < -0.4 is 4.72 Å². The standard InChI is InChI=1S/C17H17NO2S/c1-13-7-10-17-15(11-13)12-16(18-21(17,19)20)9-8-14-5-3-2-4-6-14/h2-7,10-12,18H,8-9H2,1H3. The van der Waals surface area contributed by atoms with Crippen LogP contribution in [-0.4, -0.2) is 8.42 Å². The SMILES string of the molecule is Cc1ccc2c(c1)C=C(CCc1ccccc1)NS2(=O)=O. The summed E-state index contributed by atoms with van der Waals surface area (Å²) >= 11 is 0. The highest BCUT2D eigenvalue weighted by molar-refractivity contribution is 7.89. The van der Waals surface area contributed by atoms with E-state index in [4.69, 9.17) is 0 Å². The predicted octanol–water partition coefficient (Wildman–Crippen LogP) is 3.26. The van der Waals surface area contributed by atoms with E-state index in [9.17, 15) is 8.42 Å². The Balaban J connectivity index is 1.87. The van der Waals surface area contributed by atoms with Crippen molar-refractivity contribution in [3.8, 4) is 0 Å². The third-order valence-corrected chi connectivity index (χ3v) is 5.06. The first-order valence-electron chi connectivity index (χ1n) is 6.92. The maximum absolute atomic E-state index is 12.3. The van der Waals surface area contributed by atoms with E-state index < -0.39 is 10.0 Å². The first kappa shape index (κ1) is 13.9. The van der Waals surface area contributed by atoms with E-state index in [0.717, 1.165) is 23.2 Å². The number of hydrogen-bond donors (Lipinski definition) is 1. The van der Waals surface area contributed by atoms with Gasteiger partial charge in [0.25, 0.3) is 10.0 Å². The van der Waals surface area contributed by atoms with Crippen LogP contribution in [0.3, 0.4) is 0 Å². The maximum atomic E-state index is 12.3. The number of aryl methyl sites for hydroxylation is 2. The fourth-order valence-corrected chi connectivity index (χ4v) is 3.81. The second-order valence-electron chi connectivity index (χ2n) is 5.30. The molecule has 2 aromatic rings. The van der Waals surface area contributed by atoms with Gasteiger partial charge in [-0.05, 0) is 43.0 Å². The molecule has 0 saturated heterocycles. The largest absolute Gasteiger partial charge is 0.283 e. The summed E-state index contributed by atoms with van der Waals surface area (Å²) in [5.41, 5.74) is 3.78. The van der Waals surface area contributed by atoms with E-state index in [-0.39, 0.29) is 0 Å². The number of nitrogens with one attached hydrogen (secondary N) is 1. The fraction of sp³-hybridized carbons (Fsp3) is 0.176. The maximum Gasteiger partial charge on any atom is 0.262 e. The van der Waals surface area contributed by atoms with Crippen LogP contribution in [0.15, 0.2) is 59.1 Å². The number of fused-ring (bicyclic) bond motifs is 1. The van der Waals surface area contributed by atoms with Crippen LogP contribution in [0.1, 0.15) is 23.1 Å². The molecule has 0 amide bonds. The Bertz CT molecular complexity index is 793. The average Bonchev–Trinajstić information content (AvgIpc) is 2.45. The van der Waals surface area contributed by atoms with Gasteiger partial charge in [0.2, 0.25) is 0 Å². The number of rotatable bonds is 3. The van der Waals surface area contributed by atoms with Crippen molar-refractivity contribution in [2.45, 2.75) is 24.7 Å². The molecule has 2 aromatic carbocycles. The normalized spacial score (nSPS) is 15.8. The summed E-state index contributed by atoms with van der Waals surface area (Å²) in [5.74, 6) is 0. The monoisotopic (exact) mass is 299 g/mol. The van der Waals surface area contributed by atoms with E-state index in [1.165, 1.54) is 5.56 Å². The molecule has 0 bridgehead atoms. The summed E-state index contributed by atoms with van der Waals surface area (Å²) in [7, 11) is -3.43. The fourth-order valence-electron chi connectivity index (χ4n) is 2.52. The minimum atomic E-state index is -3.43. The van der Waals surface area contributed by atoms with E-state index in [2.05, 4.69) is 16.9 Å². The third kappa shape index (κ3) is 3.00. The topological polar surface area (TPSA) is 46.2 Å². The Morgan fingerprint density at radius 1 is 1.00 bits per heavy atom. The van der Waals surface area contributed by atoms with Crippen LogP contribution in [0.2, 0.25) is 0 Å². The van der Waals surface area contributed by atoms with Gasteiger partial charge < -0.3 is 0 Å². The van der Waals surface area contributed by atoms with Crippen LogP contribution in [0.4, 0.5) is 0 Å². The summed E-state index contributed by atoms with van der Waals surface area (Å²) in [6, 6.07) is 15.5. The minimum Gasteiger partial charge on any atom is -0.283 e. The molecule has 21 heavy (non-hydrogen) atoms. The van der Waals surface area contributed by atoms with Crippen LogP contribution >= 0.6 is 0 Å². The summed E-state index contributed by atoms with van der Waals surface area (Å²) in [4.78, 5) is 0.358. The molecule has 0 fully saturated rings. The predicted molar refractivity (Wildman–Crippen MR) is 84.2 cm³/mol. The Hall–Kier alpha value is -2.07. The molecule has 1 heterocycles. The quantitative estimate of drug-likeness (QED) is 0.945. The zero-order chi connectivity index (χ0) is 14.9. The lowest BCUT2D eigenvalue weighted by molar-refractivity contribution is 0.585.